The first-order valence-electron chi connectivity index (χ1n) is 8.95. The van der Waals surface area contributed by atoms with Crippen molar-refractivity contribution in [3.05, 3.63) is 52.7 Å². The lowest BCUT2D eigenvalue weighted by molar-refractivity contribution is 0.0931. The van der Waals surface area contributed by atoms with Gasteiger partial charge in [-0.15, -0.1) is 11.3 Å². The molecule has 1 aliphatic heterocycles. The fraction of sp³-hybridized carbons (Fsp3) is 0.350. The zero-order valence-corrected chi connectivity index (χ0v) is 15.8. The van der Waals surface area contributed by atoms with Gasteiger partial charge in [-0.2, -0.15) is 0 Å². The van der Waals surface area contributed by atoms with Crippen LogP contribution in [0.3, 0.4) is 0 Å². The fourth-order valence-corrected chi connectivity index (χ4v) is 4.49. The molecule has 6 heteroatoms. The summed E-state index contributed by atoms with van der Waals surface area (Å²) in [6, 6.07) is 9.62. The van der Waals surface area contributed by atoms with Gasteiger partial charge in [0.05, 0.1) is 5.39 Å². The van der Waals surface area contributed by atoms with Crippen LogP contribution in [0, 0.1) is 13.8 Å². The average Bonchev–Trinajstić information content (AvgIpc) is 2.97. The van der Waals surface area contributed by atoms with Crippen molar-refractivity contribution < 1.29 is 4.79 Å². The third-order valence-corrected chi connectivity index (χ3v) is 6.23. The Morgan fingerprint density at radius 3 is 2.62 bits per heavy atom. The fourth-order valence-electron chi connectivity index (χ4n) is 3.50. The molecule has 4 rings (SSSR count). The highest BCUT2D eigenvalue weighted by Gasteiger charge is 2.24. The summed E-state index contributed by atoms with van der Waals surface area (Å²) in [5.74, 6) is 1.04. The molecule has 1 N–H and O–H groups in total. The van der Waals surface area contributed by atoms with Gasteiger partial charge in [0.2, 0.25) is 0 Å². The molecule has 134 valence electrons. The van der Waals surface area contributed by atoms with Gasteiger partial charge in [0.25, 0.3) is 5.91 Å². The number of fused-ring (bicyclic) bond motifs is 1. The Kier molecular flexibility index (Phi) is 4.59. The highest BCUT2D eigenvalue weighted by atomic mass is 32.1. The number of carbonyl (C=O) groups is 1. The van der Waals surface area contributed by atoms with Crippen LogP contribution in [0.2, 0.25) is 0 Å². The molecule has 0 unspecified atom stereocenters. The van der Waals surface area contributed by atoms with Crippen LogP contribution < -0.4 is 10.2 Å². The normalized spacial score (nSPS) is 15.4. The van der Waals surface area contributed by atoms with Gasteiger partial charge in [-0.1, -0.05) is 18.2 Å². The van der Waals surface area contributed by atoms with Crippen LogP contribution >= 0.6 is 11.3 Å². The van der Waals surface area contributed by atoms with Gasteiger partial charge >= 0.3 is 0 Å². The molecule has 2 aromatic heterocycles. The minimum Gasteiger partial charge on any atom is -0.356 e. The van der Waals surface area contributed by atoms with Crippen molar-refractivity contribution in [2.24, 2.45) is 0 Å². The van der Waals surface area contributed by atoms with E-state index in [1.807, 2.05) is 30.3 Å². The summed E-state index contributed by atoms with van der Waals surface area (Å²) in [4.78, 5) is 26.0. The van der Waals surface area contributed by atoms with Crippen LogP contribution in [0.4, 0.5) is 5.82 Å². The van der Waals surface area contributed by atoms with E-state index in [9.17, 15) is 4.79 Å². The average molecular weight is 366 g/mol. The molecule has 3 aromatic rings. The summed E-state index contributed by atoms with van der Waals surface area (Å²) in [6.45, 7) is 6.06. The molecule has 1 amide bonds. The second-order valence-electron chi connectivity index (χ2n) is 6.76. The minimum atomic E-state index is 0.0118. The number of piperidine rings is 1. The van der Waals surface area contributed by atoms with Crippen LogP contribution in [0.25, 0.3) is 10.2 Å². The molecule has 1 fully saturated rings. The predicted octanol–water partition coefficient (Wildman–Crippen LogP) is 3.71. The Balaban J connectivity index is 1.45. The van der Waals surface area contributed by atoms with Crippen molar-refractivity contribution in [3.8, 4) is 0 Å². The number of nitrogens with zero attached hydrogens (tertiary/aromatic N) is 3. The lowest BCUT2D eigenvalue weighted by atomic mass is 10.0. The maximum atomic E-state index is 12.3. The van der Waals surface area contributed by atoms with E-state index in [0.29, 0.717) is 0 Å². The number of anilines is 1. The number of rotatable bonds is 3. The van der Waals surface area contributed by atoms with E-state index >= 15 is 0 Å². The Morgan fingerprint density at radius 2 is 1.88 bits per heavy atom. The third kappa shape index (κ3) is 3.17. The molecule has 26 heavy (non-hydrogen) atoms. The van der Waals surface area contributed by atoms with Crippen LogP contribution in [0.1, 0.15) is 33.6 Å². The number of amides is 1. The van der Waals surface area contributed by atoms with Crippen LogP contribution in [-0.2, 0) is 0 Å². The number of thiophene rings is 1. The second-order valence-corrected chi connectivity index (χ2v) is 7.96. The zero-order chi connectivity index (χ0) is 18.1. The van der Waals surface area contributed by atoms with E-state index in [0.717, 1.165) is 42.1 Å². The summed E-state index contributed by atoms with van der Waals surface area (Å²) in [6.07, 6.45) is 3.51. The van der Waals surface area contributed by atoms with Crippen molar-refractivity contribution in [3.63, 3.8) is 0 Å². The molecular formula is C20H22N4OS. The molecule has 3 heterocycles. The van der Waals surface area contributed by atoms with Crippen LogP contribution in [0.5, 0.6) is 0 Å². The zero-order valence-electron chi connectivity index (χ0n) is 15.0. The quantitative estimate of drug-likeness (QED) is 0.768. The number of hydrogen-bond donors (Lipinski definition) is 1. The maximum Gasteiger partial charge on any atom is 0.251 e. The lowest BCUT2D eigenvalue weighted by Crippen LogP contribution is -2.45. The summed E-state index contributed by atoms with van der Waals surface area (Å²) in [7, 11) is 0. The molecule has 1 aromatic carbocycles. The first kappa shape index (κ1) is 17.0. The molecule has 5 nitrogen and oxygen atoms in total. The Hall–Kier alpha value is -2.47. The Labute approximate surface area is 157 Å². The minimum absolute atomic E-state index is 0.0118. The van der Waals surface area contributed by atoms with E-state index in [2.05, 4.69) is 34.0 Å². The second kappa shape index (κ2) is 7.03. The smallest absolute Gasteiger partial charge is 0.251 e. The highest BCUT2D eigenvalue weighted by molar-refractivity contribution is 7.18. The number of aryl methyl sites for hydroxylation is 2. The number of nitrogens with one attached hydrogen (secondary N) is 1. The van der Waals surface area contributed by atoms with Gasteiger partial charge in [-0.05, 0) is 44.4 Å². The molecule has 0 bridgehead atoms. The first-order chi connectivity index (χ1) is 12.6. The topological polar surface area (TPSA) is 58.1 Å². The van der Waals surface area contributed by atoms with E-state index in [1.165, 1.54) is 15.8 Å². The monoisotopic (exact) mass is 366 g/mol. The number of carbonyl (C=O) groups excluding carboxylic acids is 1. The molecule has 0 saturated carbocycles. The molecule has 1 saturated heterocycles. The van der Waals surface area contributed by atoms with Gasteiger partial charge in [-0.3, -0.25) is 4.79 Å². The highest BCUT2D eigenvalue weighted by Crippen LogP contribution is 2.35. The molecule has 0 spiro atoms. The van der Waals surface area contributed by atoms with Gasteiger partial charge in [0, 0.05) is 29.6 Å². The van der Waals surface area contributed by atoms with Crippen molar-refractivity contribution in [2.45, 2.75) is 32.7 Å². The summed E-state index contributed by atoms with van der Waals surface area (Å²) in [5.41, 5.74) is 2.00. The standard InChI is InChI=1S/C20H22N4OS/c1-13-14(2)26-20-17(13)18(21-12-22-20)24-10-8-16(9-11-24)23-19(25)15-6-4-3-5-7-15/h3-7,12,16H,8-11H2,1-2H3,(H,23,25). The van der Waals surface area contributed by atoms with Crippen LogP contribution in [-0.4, -0.2) is 35.0 Å². The van der Waals surface area contributed by atoms with Gasteiger partial charge in [0.1, 0.15) is 17.0 Å². The van der Waals surface area contributed by atoms with E-state index in [4.69, 9.17) is 0 Å². The van der Waals surface area contributed by atoms with E-state index < -0.39 is 0 Å². The summed E-state index contributed by atoms with van der Waals surface area (Å²) >= 11 is 1.73. The van der Waals surface area contributed by atoms with E-state index in [1.54, 1.807) is 17.7 Å². The predicted molar refractivity (Wildman–Crippen MR) is 106 cm³/mol. The van der Waals surface area contributed by atoms with E-state index in [-0.39, 0.29) is 11.9 Å². The van der Waals surface area contributed by atoms with Gasteiger partial charge < -0.3 is 10.2 Å². The Bertz CT molecular complexity index is 930. The SMILES string of the molecule is Cc1sc2ncnc(N3CCC(NC(=O)c4ccccc4)CC3)c2c1C. The largest absolute Gasteiger partial charge is 0.356 e. The molecule has 0 radical (unpaired) electrons. The number of benzene rings is 1. The van der Waals surface area contributed by atoms with Crippen molar-refractivity contribution in [2.75, 3.05) is 18.0 Å². The number of aromatic nitrogens is 2. The van der Waals surface area contributed by atoms with Crippen molar-refractivity contribution in [1.82, 2.24) is 15.3 Å². The van der Waals surface area contributed by atoms with Crippen molar-refractivity contribution >= 4 is 33.3 Å². The third-order valence-electron chi connectivity index (χ3n) is 5.11. The molecule has 0 aliphatic carbocycles. The maximum absolute atomic E-state index is 12.3. The van der Waals surface area contributed by atoms with Gasteiger partial charge in [0.15, 0.2) is 0 Å². The van der Waals surface area contributed by atoms with Crippen LogP contribution in [0.15, 0.2) is 36.7 Å². The summed E-state index contributed by atoms with van der Waals surface area (Å²) < 4.78 is 0. The van der Waals surface area contributed by atoms with Crippen molar-refractivity contribution in [1.29, 1.82) is 0 Å². The Morgan fingerprint density at radius 1 is 1.15 bits per heavy atom. The van der Waals surface area contributed by atoms with Gasteiger partial charge in [-0.25, -0.2) is 9.97 Å². The molecular weight excluding hydrogens is 344 g/mol. The molecule has 0 atom stereocenters. The lowest BCUT2D eigenvalue weighted by Gasteiger charge is -2.33. The number of hydrogen-bond acceptors (Lipinski definition) is 5. The summed E-state index contributed by atoms with van der Waals surface area (Å²) in [5, 5.41) is 4.35. The molecule has 1 aliphatic rings. The first-order valence-corrected chi connectivity index (χ1v) is 9.76.